The van der Waals surface area contributed by atoms with Crippen molar-refractivity contribution in [1.29, 1.82) is 0 Å². The number of carbonyl (C=O) groups excluding carboxylic acids is 1. The van der Waals surface area contributed by atoms with Gasteiger partial charge >= 0.3 is 0 Å². The van der Waals surface area contributed by atoms with Gasteiger partial charge in [-0.1, -0.05) is 0 Å². The Labute approximate surface area is 85.6 Å². The second kappa shape index (κ2) is 3.54. The molecule has 14 heavy (non-hydrogen) atoms. The first-order valence-corrected chi connectivity index (χ1v) is 5.64. The van der Waals surface area contributed by atoms with Crippen LogP contribution in [-0.4, -0.2) is 28.9 Å². The SMILES string of the molecule is CC(=O)N1[C@@H]2CC[C@H]1C[C@@H](C(C)N)C2. The van der Waals surface area contributed by atoms with Crippen LogP contribution >= 0.6 is 0 Å². The van der Waals surface area contributed by atoms with E-state index < -0.39 is 0 Å². The maximum Gasteiger partial charge on any atom is 0.219 e. The molecule has 80 valence electrons. The average Bonchev–Trinajstić information content (AvgIpc) is 2.37. The summed E-state index contributed by atoms with van der Waals surface area (Å²) in [6.45, 7) is 3.78. The van der Waals surface area contributed by atoms with Crippen LogP contribution in [0.5, 0.6) is 0 Å². The minimum Gasteiger partial charge on any atom is -0.337 e. The quantitative estimate of drug-likeness (QED) is 0.683. The van der Waals surface area contributed by atoms with Gasteiger partial charge in [0.15, 0.2) is 0 Å². The predicted octanol–water partition coefficient (Wildman–Crippen LogP) is 1.12. The van der Waals surface area contributed by atoms with Crippen molar-refractivity contribution in [3.63, 3.8) is 0 Å². The molecule has 1 amide bonds. The van der Waals surface area contributed by atoms with Crippen LogP contribution in [0, 0.1) is 5.92 Å². The van der Waals surface area contributed by atoms with Gasteiger partial charge in [-0.05, 0) is 38.5 Å². The summed E-state index contributed by atoms with van der Waals surface area (Å²) in [6.07, 6.45) is 4.61. The van der Waals surface area contributed by atoms with Gasteiger partial charge < -0.3 is 10.6 Å². The second-order valence-electron chi connectivity index (χ2n) is 4.90. The molecule has 2 aliphatic heterocycles. The Morgan fingerprint density at radius 2 is 1.86 bits per heavy atom. The zero-order chi connectivity index (χ0) is 10.3. The van der Waals surface area contributed by atoms with Crippen LogP contribution in [0.2, 0.25) is 0 Å². The van der Waals surface area contributed by atoms with E-state index in [0.29, 0.717) is 18.0 Å². The number of rotatable bonds is 1. The normalized spacial score (nSPS) is 38.5. The molecule has 3 nitrogen and oxygen atoms in total. The lowest BCUT2D eigenvalue weighted by Crippen LogP contribution is -2.48. The number of nitrogens with zero attached hydrogens (tertiary/aromatic N) is 1. The van der Waals surface area contributed by atoms with E-state index in [0.717, 1.165) is 12.8 Å². The van der Waals surface area contributed by atoms with Crippen molar-refractivity contribution in [2.75, 3.05) is 0 Å². The van der Waals surface area contributed by atoms with Gasteiger partial charge in [0.1, 0.15) is 0 Å². The lowest BCUT2D eigenvalue weighted by atomic mass is 9.86. The molecule has 2 heterocycles. The molecule has 1 unspecified atom stereocenters. The van der Waals surface area contributed by atoms with Gasteiger partial charge in [-0.2, -0.15) is 0 Å². The summed E-state index contributed by atoms with van der Waals surface area (Å²) in [5.41, 5.74) is 5.94. The highest BCUT2D eigenvalue weighted by Crippen LogP contribution is 2.39. The van der Waals surface area contributed by atoms with Crippen molar-refractivity contribution in [3.8, 4) is 0 Å². The summed E-state index contributed by atoms with van der Waals surface area (Å²) < 4.78 is 0. The van der Waals surface area contributed by atoms with Crippen molar-refractivity contribution in [3.05, 3.63) is 0 Å². The molecule has 4 atom stereocenters. The van der Waals surface area contributed by atoms with Gasteiger partial charge in [-0.15, -0.1) is 0 Å². The second-order valence-corrected chi connectivity index (χ2v) is 4.90. The Morgan fingerprint density at radius 1 is 1.36 bits per heavy atom. The van der Waals surface area contributed by atoms with E-state index in [1.807, 2.05) is 0 Å². The third-order valence-corrected chi connectivity index (χ3v) is 3.88. The fraction of sp³-hybridized carbons (Fsp3) is 0.909. The third-order valence-electron chi connectivity index (χ3n) is 3.88. The first kappa shape index (κ1) is 9.97. The molecule has 2 aliphatic rings. The van der Waals surface area contributed by atoms with E-state index in [1.54, 1.807) is 6.92 Å². The Kier molecular flexibility index (Phi) is 2.52. The lowest BCUT2D eigenvalue weighted by Gasteiger charge is -2.39. The number of nitrogens with two attached hydrogens (primary N) is 1. The smallest absolute Gasteiger partial charge is 0.219 e. The van der Waals surface area contributed by atoms with Crippen LogP contribution in [0.25, 0.3) is 0 Å². The summed E-state index contributed by atoms with van der Waals surface area (Å²) in [5.74, 6) is 0.878. The Bertz CT molecular complexity index is 225. The van der Waals surface area contributed by atoms with Crippen LogP contribution in [0.3, 0.4) is 0 Å². The van der Waals surface area contributed by atoms with Crippen LogP contribution in [0.4, 0.5) is 0 Å². The summed E-state index contributed by atoms with van der Waals surface area (Å²) in [7, 11) is 0. The van der Waals surface area contributed by atoms with E-state index in [2.05, 4.69) is 11.8 Å². The highest BCUT2D eigenvalue weighted by atomic mass is 16.2. The molecule has 2 rings (SSSR count). The van der Waals surface area contributed by atoms with Gasteiger partial charge in [0, 0.05) is 25.0 Å². The standard InChI is InChI=1S/C11H20N2O/c1-7(12)9-5-10-3-4-11(6-9)13(10)8(2)14/h7,9-11H,3-6,12H2,1-2H3/t7?,9-,10+,11-. The molecular formula is C11H20N2O. The lowest BCUT2D eigenvalue weighted by molar-refractivity contribution is -0.134. The topological polar surface area (TPSA) is 46.3 Å². The van der Waals surface area contributed by atoms with Crippen LogP contribution in [-0.2, 0) is 4.79 Å². The Balaban J connectivity index is 2.08. The number of amides is 1. The summed E-state index contributed by atoms with van der Waals surface area (Å²) in [6, 6.07) is 1.26. The highest BCUT2D eigenvalue weighted by molar-refractivity contribution is 5.74. The zero-order valence-electron chi connectivity index (χ0n) is 9.07. The first-order chi connectivity index (χ1) is 6.59. The summed E-state index contributed by atoms with van der Waals surface area (Å²) >= 11 is 0. The van der Waals surface area contributed by atoms with Gasteiger partial charge in [0.05, 0.1) is 0 Å². The van der Waals surface area contributed by atoms with Gasteiger partial charge in [-0.25, -0.2) is 0 Å². The zero-order valence-corrected chi connectivity index (χ0v) is 9.07. The van der Waals surface area contributed by atoms with Gasteiger partial charge in [0.2, 0.25) is 5.91 Å². The Hall–Kier alpha value is -0.570. The van der Waals surface area contributed by atoms with Gasteiger partial charge in [0.25, 0.3) is 0 Å². The number of hydrogen-bond acceptors (Lipinski definition) is 2. The molecule has 0 radical (unpaired) electrons. The average molecular weight is 196 g/mol. The van der Waals surface area contributed by atoms with Crippen molar-refractivity contribution < 1.29 is 4.79 Å². The van der Waals surface area contributed by atoms with Gasteiger partial charge in [-0.3, -0.25) is 4.79 Å². The number of piperidine rings is 1. The maximum absolute atomic E-state index is 11.4. The predicted molar refractivity (Wildman–Crippen MR) is 55.7 cm³/mol. The van der Waals surface area contributed by atoms with E-state index in [1.165, 1.54) is 12.8 Å². The molecule has 0 aromatic carbocycles. The molecule has 0 aromatic heterocycles. The number of fused-ring (bicyclic) bond motifs is 2. The minimum atomic E-state index is 0.251. The highest BCUT2D eigenvalue weighted by Gasteiger charge is 2.42. The van der Waals surface area contributed by atoms with Crippen molar-refractivity contribution in [2.24, 2.45) is 11.7 Å². The van der Waals surface area contributed by atoms with E-state index >= 15 is 0 Å². The number of hydrogen-bond donors (Lipinski definition) is 1. The molecule has 2 saturated heterocycles. The fourth-order valence-corrected chi connectivity index (χ4v) is 3.16. The molecule has 2 fully saturated rings. The van der Waals surface area contributed by atoms with Crippen molar-refractivity contribution >= 4 is 5.91 Å². The third kappa shape index (κ3) is 1.54. The van der Waals surface area contributed by atoms with E-state index in [9.17, 15) is 4.79 Å². The van der Waals surface area contributed by atoms with Crippen molar-refractivity contribution in [2.45, 2.75) is 57.7 Å². The summed E-state index contributed by atoms with van der Waals surface area (Å²) in [5, 5.41) is 0. The molecule has 3 heteroatoms. The maximum atomic E-state index is 11.4. The molecule has 0 aromatic rings. The van der Waals surface area contributed by atoms with E-state index in [-0.39, 0.29) is 11.9 Å². The monoisotopic (exact) mass is 196 g/mol. The number of carbonyl (C=O) groups is 1. The summed E-state index contributed by atoms with van der Waals surface area (Å²) in [4.78, 5) is 13.5. The van der Waals surface area contributed by atoms with Crippen LogP contribution < -0.4 is 5.73 Å². The molecule has 0 spiro atoms. The van der Waals surface area contributed by atoms with Crippen LogP contribution in [0.15, 0.2) is 0 Å². The molecule has 0 saturated carbocycles. The molecule has 2 bridgehead atoms. The van der Waals surface area contributed by atoms with Crippen LogP contribution in [0.1, 0.15) is 39.5 Å². The molecule has 0 aliphatic carbocycles. The minimum absolute atomic E-state index is 0.251. The van der Waals surface area contributed by atoms with Crippen molar-refractivity contribution in [1.82, 2.24) is 4.90 Å². The van der Waals surface area contributed by atoms with E-state index in [4.69, 9.17) is 5.73 Å². The largest absolute Gasteiger partial charge is 0.337 e. The first-order valence-electron chi connectivity index (χ1n) is 5.64. The molecule has 2 N–H and O–H groups in total. The Morgan fingerprint density at radius 3 is 2.21 bits per heavy atom. The molecular weight excluding hydrogens is 176 g/mol. The fourth-order valence-electron chi connectivity index (χ4n) is 3.16.